The van der Waals surface area contributed by atoms with E-state index >= 15 is 0 Å². The van der Waals surface area contributed by atoms with Gasteiger partial charge in [0.05, 0.1) is 5.69 Å². The molecule has 4 amide bonds. The number of primary amides is 1. The highest BCUT2D eigenvalue weighted by Crippen LogP contribution is 2.24. The normalized spacial score (nSPS) is 16.0. The third kappa shape index (κ3) is 4.80. The van der Waals surface area contributed by atoms with E-state index in [0.29, 0.717) is 0 Å². The first-order valence-electron chi connectivity index (χ1n) is 8.32. The van der Waals surface area contributed by atoms with Crippen LogP contribution in [0.5, 0.6) is 0 Å². The highest BCUT2D eigenvalue weighted by Gasteiger charge is 2.38. The van der Waals surface area contributed by atoms with Crippen molar-refractivity contribution in [3.05, 3.63) is 15.6 Å². The highest BCUT2D eigenvalue weighted by molar-refractivity contribution is 7.13. The Morgan fingerprint density at radius 1 is 1.33 bits per heavy atom. The number of nitrogens with zero attached hydrogens (tertiary/aromatic N) is 3. The topological polar surface area (TPSA) is 138 Å². The maximum atomic E-state index is 12.7. The summed E-state index contributed by atoms with van der Waals surface area (Å²) >= 11 is 1.29. The minimum atomic E-state index is -1.46. The molecule has 0 bridgehead atoms. The van der Waals surface area contributed by atoms with Crippen LogP contribution in [0.4, 0.5) is 0 Å². The van der Waals surface area contributed by atoms with Crippen LogP contribution in [0.15, 0.2) is 0 Å². The Morgan fingerprint density at radius 3 is 2.59 bits per heavy atom. The molecule has 1 aromatic rings. The second-order valence-corrected chi connectivity index (χ2v) is 7.99. The maximum Gasteiger partial charge on any atom is 0.309 e. The Balaban J connectivity index is 2.19. The molecule has 0 saturated carbocycles. The van der Waals surface area contributed by atoms with Crippen molar-refractivity contribution in [2.75, 3.05) is 34.2 Å². The summed E-state index contributed by atoms with van der Waals surface area (Å²) in [5.74, 6) is -3.16. The molecule has 0 aromatic carbocycles. The maximum absolute atomic E-state index is 12.7. The first-order valence-corrected chi connectivity index (χ1v) is 9.14. The van der Waals surface area contributed by atoms with Crippen LogP contribution >= 0.6 is 11.3 Å². The molecule has 0 fully saturated rings. The van der Waals surface area contributed by atoms with Gasteiger partial charge in [-0.2, -0.15) is 0 Å². The molecule has 1 atom stereocenters. The number of carbonyl (C=O) groups excluding carboxylic acids is 4. The number of hydrogen-bond acceptors (Lipinski definition) is 7. The molecule has 1 aliphatic rings. The quantitative estimate of drug-likeness (QED) is 0.508. The molecular weight excluding hydrogens is 372 g/mol. The second kappa shape index (κ2) is 8.01. The molecule has 4 N–H and O–H groups in total. The van der Waals surface area contributed by atoms with E-state index in [9.17, 15) is 19.2 Å². The number of rotatable bonds is 5. The predicted octanol–water partition coefficient (Wildman–Crippen LogP) is -1.69. The second-order valence-electron chi connectivity index (χ2n) is 6.91. The Hall–Kier alpha value is -2.53. The molecule has 11 heteroatoms. The van der Waals surface area contributed by atoms with Gasteiger partial charge in [-0.3, -0.25) is 19.2 Å². The van der Waals surface area contributed by atoms with Crippen LogP contribution in [0, 0.1) is 0 Å². The summed E-state index contributed by atoms with van der Waals surface area (Å²) in [5.41, 5.74) is 4.35. The van der Waals surface area contributed by atoms with Crippen molar-refractivity contribution in [3.8, 4) is 0 Å². The summed E-state index contributed by atoms with van der Waals surface area (Å²) in [5, 5.41) is 5.17. The largest absolute Gasteiger partial charge is 0.361 e. The van der Waals surface area contributed by atoms with E-state index in [4.69, 9.17) is 5.73 Å². The minimum Gasteiger partial charge on any atom is -0.361 e. The lowest BCUT2D eigenvalue weighted by molar-refractivity contribution is -0.139. The third-order valence-electron chi connectivity index (χ3n) is 4.21. The number of likely N-dealkylation sites (N-methyl/N-ethyl adjacent to an activating group) is 2. The van der Waals surface area contributed by atoms with Crippen molar-refractivity contribution in [1.82, 2.24) is 25.4 Å². The van der Waals surface area contributed by atoms with Crippen molar-refractivity contribution in [1.29, 1.82) is 0 Å². The standard InChI is InChI=1S/C16H24N6O4S/c1-16(15(26)21(2)3,8-18-12(24)11(17)23)20-13(25)14-19-9-5-6-22(4)7-10(9)27-14/h5-8H2,1-4H3,(H2,17,23)(H,18,24)(H,20,25)/t16-/m0/s1. The molecule has 10 nitrogen and oxygen atoms in total. The number of hydrogen-bond donors (Lipinski definition) is 3. The number of amides is 4. The van der Waals surface area contributed by atoms with Gasteiger partial charge < -0.3 is 26.2 Å². The Morgan fingerprint density at radius 2 is 2.00 bits per heavy atom. The van der Waals surface area contributed by atoms with Gasteiger partial charge in [0.2, 0.25) is 5.91 Å². The Kier molecular flexibility index (Phi) is 6.16. The number of nitrogens with two attached hydrogens (primary N) is 1. The molecule has 0 radical (unpaired) electrons. The van der Waals surface area contributed by atoms with Gasteiger partial charge in [0.1, 0.15) is 5.54 Å². The number of aromatic nitrogens is 1. The highest BCUT2D eigenvalue weighted by atomic mass is 32.1. The van der Waals surface area contributed by atoms with Gasteiger partial charge in [0.15, 0.2) is 5.01 Å². The first kappa shape index (κ1) is 20.8. The smallest absolute Gasteiger partial charge is 0.309 e. The average molecular weight is 396 g/mol. The summed E-state index contributed by atoms with van der Waals surface area (Å²) in [7, 11) is 5.05. The summed E-state index contributed by atoms with van der Waals surface area (Å²) in [4.78, 5) is 56.5. The summed E-state index contributed by atoms with van der Waals surface area (Å²) in [6.45, 7) is 2.78. The van der Waals surface area contributed by atoms with Crippen molar-refractivity contribution in [3.63, 3.8) is 0 Å². The lowest BCUT2D eigenvalue weighted by Gasteiger charge is -2.31. The molecule has 0 aliphatic carbocycles. The van der Waals surface area contributed by atoms with Gasteiger partial charge in [0.25, 0.3) is 5.91 Å². The third-order valence-corrected chi connectivity index (χ3v) is 5.29. The molecule has 27 heavy (non-hydrogen) atoms. The molecule has 1 aromatic heterocycles. The summed E-state index contributed by atoms with van der Waals surface area (Å²) in [6.07, 6.45) is 0.762. The zero-order chi connectivity index (χ0) is 20.4. The minimum absolute atomic E-state index is 0.259. The van der Waals surface area contributed by atoms with Gasteiger partial charge in [-0.15, -0.1) is 11.3 Å². The molecule has 2 rings (SSSR count). The Labute approximate surface area is 161 Å². The zero-order valence-electron chi connectivity index (χ0n) is 15.8. The van der Waals surface area contributed by atoms with Gasteiger partial charge >= 0.3 is 11.8 Å². The zero-order valence-corrected chi connectivity index (χ0v) is 16.6. The van der Waals surface area contributed by atoms with E-state index < -0.39 is 29.2 Å². The lowest BCUT2D eigenvalue weighted by Crippen LogP contribution is -2.62. The van der Waals surface area contributed by atoms with Crippen LogP contribution in [0.3, 0.4) is 0 Å². The van der Waals surface area contributed by atoms with Crippen LogP contribution in [-0.4, -0.2) is 78.2 Å². The van der Waals surface area contributed by atoms with Gasteiger partial charge in [-0.1, -0.05) is 0 Å². The van der Waals surface area contributed by atoms with E-state index in [1.54, 1.807) is 0 Å². The van der Waals surface area contributed by atoms with E-state index in [1.807, 2.05) is 7.05 Å². The number of nitrogens with one attached hydrogen (secondary N) is 2. The molecule has 0 saturated heterocycles. The predicted molar refractivity (Wildman–Crippen MR) is 98.9 cm³/mol. The summed E-state index contributed by atoms with van der Waals surface area (Å²) < 4.78 is 0. The van der Waals surface area contributed by atoms with Crippen LogP contribution in [0.1, 0.15) is 27.3 Å². The molecule has 0 spiro atoms. The average Bonchev–Trinajstić information content (AvgIpc) is 3.02. The molecule has 1 aliphatic heterocycles. The van der Waals surface area contributed by atoms with Gasteiger partial charge in [-0.25, -0.2) is 4.98 Å². The molecular formula is C16H24N6O4S. The number of fused-ring (bicyclic) bond motifs is 1. The van der Waals surface area contributed by atoms with Crippen molar-refractivity contribution in [2.45, 2.75) is 25.4 Å². The Bertz CT molecular complexity index is 777. The summed E-state index contributed by atoms with van der Waals surface area (Å²) in [6, 6.07) is 0. The fourth-order valence-corrected chi connectivity index (χ4v) is 3.82. The van der Waals surface area contributed by atoms with E-state index in [2.05, 4.69) is 20.5 Å². The van der Waals surface area contributed by atoms with Crippen LogP contribution < -0.4 is 16.4 Å². The molecule has 2 heterocycles. The fraction of sp³-hybridized carbons (Fsp3) is 0.562. The van der Waals surface area contributed by atoms with Gasteiger partial charge in [-0.05, 0) is 14.0 Å². The van der Waals surface area contributed by atoms with Crippen LogP contribution in [0.25, 0.3) is 0 Å². The lowest BCUT2D eigenvalue weighted by atomic mass is 10.00. The fourth-order valence-electron chi connectivity index (χ4n) is 2.74. The van der Waals surface area contributed by atoms with E-state index in [-0.39, 0.29) is 11.6 Å². The van der Waals surface area contributed by atoms with Crippen LogP contribution in [0.2, 0.25) is 0 Å². The van der Waals surface area contributed by atoms with Crippen molar-refractivity contribution < 1.29 is 19.2 Å². The number of carbonyl (C=O) groups is 4. The SMILES string of the molecule is CN1CCc2nc(C(=O)N[C@@](C)(CNC(=O)C(N)=O)C(=O)N(C)C)sc2C1. The van der Waals surface area contributed by atoms with E-state index in [0.717, 1.165) is 30.1 Å². The van der Waals surface area contributed by atoms with E-state index in [1.165, 1.54) is 37.3 Å². The number of thiazole rings is 1. The monoisotopic (exact) mass is 396 g/mol. The molecule has 0 unspecified atom stereocenters. The van der Waals surface area contributed by atoms with Crippen LogP contribution in [-0.2, 0) is 27.3 Å². The van der Waals surface area contributed by atoms with Crippen molar-refractivity contribution in [2.24, 2.45) is 5.73 Å². The van der Waals surface area contributed by atoms with Crippen molar-refractivity contribution >= 4 is 35.0 Å². The first-order chi connectivity index (χ1) is 12.5. The van der Waals surface area contributed by atoms with Gasteiger partial charge in [0, 0.05) is 45.0 Å². The molecule has 148 valence electrons.